The van der Waals surface area contributed by atoms with Gasteiger partial charge in [0.25, 0.3) is 0 Å². The number of nitrogens with zero attached hydrogens (tertiary/aromatic N) is 1. The first-order chi connectivity index (χ1) is 13.9. The predicted molar refractivity (Wildman–Crippen MR) is 99.0 cm³/mol. The molecule has 12 heteroatoms. The van der Waals surface area contributed by atoms with Crippen LogP contribution in [0.4, 0.5) is 13.2 Å². The smallest absolute Gasteiger partial charge is 0.417 e. The van der Waals surface area contributed by atoms with Gasteiger partial charge < -0.3 is 19.9 Å². The fourth-order valence-corrected chi connectivity index (χ4v) is 3.73. The number of nitrogens with one attached hydrogen (secondary N) is 1. The van der Waals surface area contributed by atoms with Crippen LogP contribution in [0.3, 0.4) is 0 Å². The van der Waals surface area contributed by atoms with Gasteiger partial charge in [-0.25, -0.2) is 9.78 Å². The summed E-state index contributed by atoms with van der Waals surface area (Å²) in [5.74, 6) is -1.99. The lowest BCUT2D eigenvalue weighted by atomic mass is 9.64. The number of halogens is 5. The van der Waals surface area contributed by atoms with E-state index in [4.69, 9.17) is 27.6 Å². The Morgan fingerprint density at radius 3 is 2.50 bits per heavy atom. The van der Waals surface area contributed by atoms with Crippen LogP contribution in [0, 0.1) is 0 Å². The molecule has 162 valence electrons. The summed E-state index contributed by atoms with van der Waals surface area (Å²) < 4.78 is 43.9. The van der Waals surface area contributed by atoms with E-state index in [9.17, 15) is 33.0 Å². The Kier molecular flexibility index (Phi) is 5.78. The second kappa shape index (κ2) is 7.75. The highest BCUT2D eigenvalue weighted by atomic mass is 35.5. The fraction of sp³-hybridized carbons (Fsp3) is 0.389. The number of aliphatic carboxylic acids is 1. The summed E-state index contributed by atoms with van der Waals surface area (Å²) >= 11 is 11.9. The van der Waals surface area contributed by atoms with Gasteiger partial charge in [-0.3, -0.25) is 4.79 Å². The second-order valence-electron chi connectivity index (χ2n) is 7.06. The van der Waals surface area contributed by atoms with Crippen LogP contribution < -0.4 is 5.32 Å². The van der Waals surface area contributed by atoms with Crippen LogP contribution in [0.15, 0.2) is 28.8 Å². The summed E-state index contributed by atoms with van der Waals surface area (Å²) in [5, 5.41) is 21.6. The maximum atomic E-state index is 12.8. The third-order valence-electron chi connectivity index (χ3n) is 4.82. The Bertz CT molecular complexity index is 986. The molecule has 0 spiro atoms. The summed E-state index contributed by atoms with van der Waals surface area (Å²) in [7, 11) is 0. The molecule has 1 heterocycles. The van der Waals surface area contributed by atoms with E-state index in [1.807, 2.05) is 0 Å². The molecule has 0 radical (unpaired) electrons. The van der Waals surface area contributed by atoms with Crippen molar-refractivity contribution in [3.8, 4) is 11.3 Å². The van der Waals surface area contributed by atoms with Crippen molar-refractivity contribution in [2.45, 2.75) is 43.0 Å². The number of carboxylic acid groups (broad SMARTS) is 1. The van der Waals surface area contributed by atoms with Gasteiger partial charge in [0.1, 0.15) is 5.54 Å². The van der Waals surface area contributed by atoms with Gasteiger partial charge in [-0.15, -0.1) is 0 Å². The normalized spacial score (nSPS) is 23.7. The molecule has 30 heavy (non-hydrogen) atoms. The Labute approximate surface area is 177 Å². The maximum Gasteiger partial charge on any atom is 0.417 e. The third kappa shape index (κ3) is 4.26. The Morgan fingerprint density at radius 2 is 1.93 bits per heavy atom. The van der Waals surface area contributed by atoms with Crippen LogP contribution in [-0.2, 0) is 16.0 Å². The van der Waals surface area contributed by atoms with Crippen LogP contribution in [0.2, 0.25) is 10.0 Å². The van der Waals surface area contributed by atoms with Gasteiger partial charge in [-0.1, -0.05) is 23.2 Å². The zero-order valence-corrected chi connectivity index (χ0v) is 16.6. The van der Waals surface area contributed by atoms with E-state index in [0.717, 1.165) is 0 Å². The standard InChI is InChI=1S/C18H15Cl2F3N2O5/c19-9-1-2-10(11(20)5-9)12-6-24-14(30-12)4-3-13(26)25-16(15(27)28)7-17(29,8-16)18(21,22)23/h1-2,5-6,29H,3-4,7-8H2,(H,25,26)(H,27,28). The molecule has 1 fully saturated rings. The lowest BCUT2D eigenvalue weighted by Gasteiger charge is -2.50. The number of aliphatic hydroxyl groups is 1. The molecule has 1 aromatic carbocycles. The number of alkyl halides is 3. The van der Waals surface area contributed by atoms with Crippen molar-refractivity contribution in [1.29, 1.82) is 0 Å². The number of hydrogen-bond donors (Lipinski definition) is 3. The molecule has 1 aliphatic rings. The van der Waals surface area contributed by atoms with Crippen LogP contribution in [-0.4, -0.2) is 44.4 Å². The lowest BCUT2D eigenvalue weighted by molar-refractivity contribution is -0.303. The van der Waals surface area contributed by atoms with E-state index in [1.54, 1.807) is 12.1 Å². The summed E-state index contributed by atoms with van der Waals surface area (Å²) in [5.41, 5.74) is -4.80. The predicted octanol–water partition coefficient (Wildman–Crippen LogP) is 3.61. The Hall–Kier alpha value is -2.30. The number of aromatic nitrogens is 1. The van der Waals surface area contributed by atoms with Crippen molar-refractivity contribution >= 4 is 35.1 Å². The van der Waals surface area contributed by atoms with Crippen molar-refractivity contribution in [2.24, 2.45) is 0 Å². The topological polar surface area (TPSA) is 113 Å². The minimum Gasteiger partial charge on any atom is -0.480 e. The molecular weight excluding hydrogens is 452 g/mol. The summed E-state index contributed by atoms with van der Waals surface area (Å²) in [4.78, 5) is 27.5. The first-order valence-electron chi connectivity index (χ1n) is 8.59. The average Bonchev–Trinajstić information content (AvgIpc) is 3.05. The first kappa shape index (κ1) is 22.4. The molecule has 2 aromatic rings. The molecular formula is C18H15Cl2F3N2O5. The second-order valence-corrected chi connectivity index (χ2v) is 7.90. The molecule has 1 saturated carbocycles. The Balaban J connectivity index is 1.61. The zero-order chi connectivity index (χ0) is 22.3. The maximum absolute atomic E-state index is 12.8. The molecule has 0 aliphatic heterocycles. The van der Waals surface area contributed by atoms with Gasteiger partial charge in [-0.05, 0) is 18.2 Å². The first-order valence-corrected chi connectivity index (χ1v) is 9.34. The molecule has 1 amide bonds. The zero-order valence-electron chi connectivity index (χ0n) is 15.1. The fourth-order valence-electron chi connectivity index (χ4n) is 3.23. The number of amides is 1. The largest absolute Gasteiger partial charge is 0.480 e. The number of carbonyl (C=O) groups is 2. The number of carbonyl (C=O) groups excluding carboxylic acids is 1. The summed E-state index contributed by atoms with van der Waals surface area (Å²) in [6, 6.07) is 4.74. The molecule has 0 unspecified atom stereocenters. The van der Waals surface area contributed by atoms with Crippen molar-refractivity contribution in [3.63, 3.8) is 0 Å². The molecule has 1 aliphatic carbocycles. The van der Waals surface area contributed by atoms with Crippen molar-refractivity contribution < 1.29 is 37.4 Å². The van der Waals surface area contributed by atoms with Gasteiger partial charge >= 0.3 is 12.1 Å². The number of oxazole rings is 1. The quantitative estimate of drug-likeness (QED) is 0.599. The van der Waals surface area contributed by atoms with E-state index in [2.05, 4.69) is 10.3 Å². The highest BCUT2D eigenvalue weighted by Crippen LogP contribution is 2.51. The van der Waals surface area contributed by atoms with Crippen molar-refractivity contribution in [3.05, 3.63) is 40.3 Å². The molecule has 3 N–H and O–H groups in total. The molecule has 1 aromatic heterocycles. The molecule has 7 nitrogen and oxygen atoms in total. The van der Waals surface area contributed by atoms with Crippen LogP contribution >= 0.6 is 23.2 Å². The van der Waals surface area contributed by atoms with E-state index >= 15 is 0 Å². The number of carboxylic acids is 1. The highest BCUT2D eigenvalue weighted by molar-refractivity contribution is 6.36. The molecule has 0 atom stereocenters. The van der Waals surface area contributed by atoms with Gasteiger partial charge in [0.2, 0.25) is 5.91 Å². The van der Waals surface area contributed by atoms with E-state index in [-0.39, 0.29) is 18.7 Å². The number of hydrogen-bond acceptors (Lipinski definition) is 5. The van der Waals surface area contributed by atoms with Crippen LogP contribution in [0.5, 0.6) is 0 Å². The van der Waals surface area contributed by atoms with Gasteiger partial charge in [0.15, 0.2) is 17.3 Å². The lowest BCUT2D eigenvalue weighted by Crippen LogP contribution is -2.73. The number of benzene rings is 1. The van der Waals surface area contributed by atoms with Crippen molar-refractivity contribution in [2.75, 3.05) is 0 Å². The van der Waals surface area contributed by atoms with Gasteiger partial charge in [0, 0.05) is 36.3 Å². The number of aryl methyl sites for hydroxylation is 1. The monoisotopic (exact) mass is 466 g/mol. The van der Waals surface area contributed by atoms with E-state index < -0.39 is 42.0 Å². The van der Waals surface area contributed by atoms with Crippen LogP contribution in [0.25, 0.3) is 11.3 Å². The van der Waals surface area contributed by atoms with E-state index in [1.165, 1.54) is 12.3 Å². The average molecular weight is 467 g/mol. The van der Waals surface area contributed by atoms with Crippen molar-refractivity contribution in [1.82, 2.24) is 10.3 Å². The SMILES string of the molecule is O=C(CCc1ncc(-c2ccc(Cl)cc2Cl)o1)NC1(C(=O)O)CC(O)(C(F)(F)F)C1. The minimum atomic E-state index is -4.99. The van der Waals surface area contributed by atoms with Crippen LogP contribution in [0.1, 0.15) is 25.2 Å². The van der Waals surface area contributed by atoms with Gasteiger partial charge in [-0.2, -0.15) is 13.2 Å². The minimum absolute atomic E-state index is 0.0315. The molecule has 3 rings (SSSR count). The highest BCUT2D eigenvalue weighted by Gasteiger charge is 2.70. The third-order valence-corrected chi connectivity index (χ3v) is 5.37. The molecule has 0 bridgehead atoms. The summed E-state index contributed by atoms with van der Waals surface area (Å²) in [6.45, 7) is 0. The number of rotatable bonds is 6. The van der Waals surface area contributed by atoms with E-state index in [0.29, 0.717) is 21.4 Å². The summed E-state index contributed by atoms with van der Waals surface area (Å²) in [6.07, 6.45) is -6.25. The Morgan fingerprint density at radius 1 is 1.27 bits per heavy atom. The van der Waals surface area contributed by atoms with Gasteiger partial charge in [0.05, 0.1) is 11.2 Å². The molecule has 0 saturated heterocycles.